The van der Waals surface area contributed by atoms with Crippen LogP contribution < -0.4 is 5.73 Å². The number of nitrogens with zero attached hydrogens (tertiary/aromatic N) is 1. The first kappa shape index (κ1) is 13.2. The molecule has 20 heavy (non-hydrogen) atoms. The molecule has 0 saturated heterocycles. The second-order valence-corrected chi connectivity index (χ2v) is 5.41. The number of hydrogen-bond acceptors (Lipinski definition) is 3. The van der Waals surface area contributed by atoms with E-state index in [0.717, 1.165) is 22.2 Å². The van der Waals surface area contributed by atoms with E-state index in [2.05, 4.69) is 11.1 Å². The Morgan fingerprint density at radius 1 is 1.25 bits per heavy atom. The Bertz CT molecular complexity index is 779. The maximum atomic E-state index is 6.28. The summed E-state index contributed by atoms with van der Waals surface area (Å²) in [5, 5.41) is 1.54. The summed E-state index contributed by atoms with van der Waals surface area (Å²) in [6, 6.07) is 9.25. The van der Waals surface area contributed by atoms with E-state index in [1.807, 2.05) is 38.2 Å². The molecule has 0 amide bonds. The van der Waals surface area contributed by atoms with Crippen LogP contribution in [-0.2, 0) is 0 Å². The average Bonchev–Trinajstić information content (AvgIpc) is 2.83. The molecule has 1 unspecified atom stereocenters. The summed E-state index contributed by atoms with van der Waals surface area (Å²) in [6.07, 6.45) is 1.82. The molecule has 0 aliphatic carbocycles. The van der Waals surface area contributed by atoms with Crippen molar-refractivity contribution in [2.24, 2.45) is 5.73 Å². The summed E-state index contributed by atoms with van der Waals surface area (Å²) in [4.78, 5) is 4.43. The van der Waals surface area contributed by atoms with E-state index in [1.165, 1.54) is 0 Å². The summed E-state index contributed by atoms with van der Waals surface area (Å²) in [5.41, 5.74) is 9.95. The minimum atomic E-state index is -0.390. The van der Waals surface area contributed by atoms with E-state index in [1.54, 1.807) is 6.07 Å². The SMILES string of the molecule is Cc1cnc(C(N)c2cc3cccc(Cl)c3o2)c(C)c1. The molecular weight excluding hydrogens is 272 g/mol. The van der Waals surface area contributed by atoms with Crippen molar-refractivity contribution in [3.63, 3.8) is 0 Å². The normalized spacial score (nSPS) is 12.8. The fourth-order valence-corrected chi connectivity index (χ4v) is 2.61. The topological polar surface area (TPSA) is 52.0 Å². The fraction of sp³-hybridized carbons (Fsp3) is 0.188. The lowest BCUT2D eigenvalue weighted by Gasteiger charge is -2.11. The summed E-state index contributed by atoms with van der Waals surface area (Å²) in [7, 11) is 0. The van der Waals surface area contributed by atoms with Crippen LogP contribution >= 0.6 is 11.6 Å². The third-order valence-electron chi connectivity index (χ3n) is 3.37. The Morgan fingerprint density at radius 2 is 2.05 bits per heavy atom. The third-order valence-corrected chi connectivity index (χ3v) is 3.67. The van der Waals surface area contributed by atoms with Gasteiger partial charge in [0.2, 0.25) is 0 Å². The number of para-hydroxylation sites is 1. The Hall–Kier alpha value is -1.84. The molecule has 2 N–H and O–H groups in total. The van der Waals surface area contributed by atoms with Crippen molar-refractivity contribution >= 4 is 22.6 Å². The summed E-state index contributed by atoms with van der Waals surface area (Å²) < 4.78 is 5.80. The molecule has 102 valence electrons. The van der Waals surface area contributed by atoms with Gasteiger partial charge in [-0.15, -0.1) is 0 Å². The first-order chi connectivity index (χ1) is 9.56. The molecule has 0 aliphatic rings. The maximum Gasteiger partial charge on any atom is 0.152 e. The van der Waals surface area contributed by atoms with Gasteiger partial charge in [0.25, 0.3) is 0 Å². The number of benzene rings is 1. The Balaban J connectivity index is 2.08. The molecule has 0 radical (unpaired) electrons. The lowest BCUT2D eigenvalue weighted by Crippen LogP contribution is -2.14. The minimum Gasteiger partial charge on any atom is -0.457 e. The quantitative estimate of drug-likeness (QED) is 0.770. The molecule has 2 aromatic heterocycles. The molecule has 3 nitrogen and oxygen atoms in total. The number of aryl methyl sites for hydroxylation is 2. The minimum absolute atomic E-state index is 0.390. The highest BCUT2D eigenvalue weighted by Crippen LogP contribution is 2.31. The van der Waals surface area contributed by atoms with Crippen molar-refractivity contribution in [2.45, 2.75) is 19.9 Å². The highest BCUT2D eigenvalue weighted by molar-refractivity contribution is 6.34. The summed E-state index contributed by atoms with van der Waals surface area (Å²) >= 11 is 6.12. The van der Waals surface area contributed by atoms with Crippen molar-refractivity contribution < 1.29 is 4.42 Å². The number of nitrogens with two attached hydrogens (primary N) is 1. The largest absolute Gasteiger partial charge is 0.457 e. The van der Waals surface area contributed by atoms with Gasteiger partial charge in [-0.3, -0.25) is 4.98 Å². The van der Waals surface area contributed by atoms with E-state index >= 15 is 0 Å². The standard InChI is InChI=1S/C16H15ClN2O/c1-9-6-10(2)15(19-8-9)14(18)13-7-11-4-3-5-12(17)16(11)20-13/h3-8,14H,18H2,1-2H3. The number of furan rings is 1. The van der Waals surface area contributed by atoms with Crippen molar-refractivity contribution in [2.75, 3.05) is 0 Å². The predicted octanol–water partition coefficient (Wildman–Crippen LogP) is 4.15. The summed E-state index contributed by atoms with van der Waals surface area (Å²) in [5.74, 6) is 0.674. The lowest BCUT2D eigenvalue weighted by atomic mass is 10.1. The van der Waals surface area contributed by atoms with Gasteiger partial charge in [-0.2, -0.15) is 0 Å². The average molecular weight is 287 g/mol. The van der Waals surface area contributed by atoms with Crippen LogP contribution in [0.15, 0.2) is 40.9 Å². The van der Waals surface area contributed by atoms with E-state index in [9.17, 15) is 0 Å². The van der Waals surface area contributed by atoms with Crippen LogP contribution in [0.5, 0.6) is 0 Å². The van der Waals surface area contributed by atoms with E-state index in [0.29, 0.717) is 16.4 Å². The molecule has 0 spiro atoms. The van der Waals surface area contributed by atoms with Crippen molar-refractivity contribution in [3.8, 4) is 0 Å². The van der Waals surface area contributed by atoms with Crippen LogP contribution in [0.4, 0.5) is 0 Å². The Kier molecular flexibility index (Phi) is 3.24. The van der Waals surface area contributed by atoms with Gasteiger partial charge in [0.1, 0.15) is 11.8 Å². The van der Waals surface area contributed by atoms with E-state index < -0.39 is 0 Å². The number of pyridine rings is 1. The molecule has 2 heterocycles. The van der Waals surface area contributed by atoms with Gasteiger partial charge >= 0.3 is 0 Å². The number of fused-ring (bicyclic) bond motifs is 1. The maximum absolute atomic E-state index is 6.28. The van der Waals surface area contributed by atoms with Crippen LogP contribution in [0.1, 0.15) is 28.6 Å². The van der Waals surface area contributed by atoms with Crippen LogP contribution in [0, 0.1) is 13.8 Å². The van der Waals surface area contributed by atoms with Gasteiger partial charge in [-0.1, -0.05) is 29.8 Å². The van der Waals surface area contributed by atoms with Crippen LogP contribution in [0.25, 0.3) is 11.0 Å². The van der Waals surface area contributed by atoms with Crippen LogP contribution in [0.3, 0.4) is 0 Å². The first-order valence-corrected chi connectivity index (χ1v) is 6.81. The predicted molar refractivity (Wildman–Crippen MR) is 81.0 cm³/mol. The molecule has 3 aromatic rings. The van der Waals surface area contributed by atoms with Crippen molar-refractivity contribution in [1.29, 1.82) is 0 Å². The van der Waals surface area contributed by atoms with Gasteiger partial charge in [-0.05, 0) is 37.1 Å². The van der Waals surface area contributed by atoms with E-state index in [4.69, 9.17) is 21.8 Å². The monoisotopic (exact) mass is 286 g/mol. The fourth-order valence-electron chi connectivity index (χ4n) is 2.39. The molecule has 1 aromatic carbocycles. The molecular formula is C16H15ClN2O. The number of rotatable bonds is 2. The van der Waals surface area contributed by atoms with Gasteiger partial charge in [-0.25, -0.2) is 0 Å². The van der Waals surface area contributed by atoms with Crippen LogP contribution in [0.2, 0.25) is 5.02 Å². The Morgan fingerprint density at radius 3 is 2.75 bits per heavy atom. The highest BCUT2D eigenvalue weighted by Gasteiger charge is 2.18. The second-order valence-electron chi connectivity index (χ2n) is 5.00. The van der Waals surface area contributed by atoms with Crippen LogP contribution in [-0.4, -0.2) is 4.98 Å². The lowest BCUT2D eigenvalue weighted by molar-refractivity contribution is 0.519. The smallest absolute Gasteiger partial charge is 0.152 e. The van der Waals surface area contributed by atoms with Gasteiger partial charge in [0, 0.05) is 11.6 Å². The molecule has 0 aliphatic heterocycles. The molecule has 4 heteroatoms. The van der Waals surface area contributed by atoms with Crippen molar-refractivity contribution in [1.82, 2.24) is 4.98 Å². The van der Waals surface area contributed by atoms with Gasteiger partial charge in [0.15, 0.2) is 5.58 Å². The van der Waals surface area contributed by atoms with Crippen molar-refractivity contribution in [3.05, 3.63) is 64.1 Å². The first-order valence-electron chi connectivity index (χ1n) is 6.43. The summed E-state index contributed by atoms with van der Waals surface area (Å²) in [6.45, 7) is 4.01. The molecule has 3 rings (SSSR count). The van der Waals surface area contributed by atoms with Gasteiger partial charge in [0.05, 0.1) is 10.7 Å². The Labute approximate surface area is 122 Å². The van der Waals surface area contributed by atoms with Gasteiger partial charge < -0.3 is 10.2 Å². The highest BCUT2D eigenvalue weighted by atomic mass is 35.5. The number of halogens is 1. The molecule has 0 bridgehead atoms. The van der Waals surface area contributed by atoms with E-state index in [-0.39, 0.29) is 6.04 Å². The zero-order chi connectivity index (χ0) is 14.3. The zero-order valence-electron chi connectivity index (χ0n) is 11.4. The molecule has 0 saturated carbocycles. The molecule has 1 atom stereocenters. The molecule has 0 fully saturated rings. The third kappa shape index (κ3) is 2.19. The number of hydrogen-bond donors (Lipinski definition) is 1. The zero-order valence-corrected chi connectivity index (χ0v) is 12.1. The second kappa shape index (κ2) is 4.93. The number of aromatic nitrogens is 1.